The Hall–Kier alpha value is -1.89. The lowest BCUT2D eigenvalue weighted by atomic mass is 10.1. The molecule has 1 atom stereocenters. The zero-order chi connectivity index (χ0) is 16.9. The number of hydrogen-bond donors (Lipinski definition) is 1. The maximum Gasteiger partial charge on any atom is 0.131 e. The number of aliphatic hydroxyl groups excluding tert-OH is 1. The first-order valence-electron chi connectivity index (χ1n) is 8.09. The summed E-state index contributed by atoms with van der Waals surface area (Å²) in [5.74, 6) is -1.39. The van der Waals surface area contributed by atoms with Gasteiger partial charge in [0.1, 0.15) is 11.6 Å². The molecule has 1 aliphatic rings. The van der Waals surface area contributed by atoms with Crippen LogP contribution in [0.2, 0.25) is 0 Å². The largest absolute Gasteiger partial charge is 0.387 e. The van der Waals surface area contributed by atoms with Crippen molar-refractivity contribution in [3.8, 4) is 0 Å². The summed E-state index contributed by atoms with van der Waals surface area (Å²) in [5, 5.41) is 10.2. The van der Waals surface area contributed by atoms with E-state index in [0.29, 0.717) is 0 Å². The molecule has 3 rings (SSSR count). The average molecular weight is 333 g/mol. The summed E-state index contributed by atoms with van der Waals surface area (Å²) in [5.41, 5.74) is 0.926. The average Bonchev–Trinajstić information content (AvgIpc) is 2.57. The lowest BCUT2D eigenvalue weighted by Gasteiger charge is -2.35. The van der Waals surface area contributed by atoms with Gasteiger partial charge in [-0.15, -0.1) is 0 Å². The molecule has 2 aromatic rings. The van der Waals surface area contributed by atoms with E-state index in [9.17, 15) is 13.9 Å². The van der Waals surface area contributed by atoms with Crippen LogP contribution in [0.25, 0.3) is 0 Å². The van der Waals surface area contributed by atoms with Crippen LogP contribution < -0.4 is 0 Å². The minimum Gasteiger partial charge on any atom is -0.387 e. The van der Waals surface area contributed by atoms with Crippen LogP contribution in [-0.2, 0) is 6.54 Å². The summed E-state index contributed by atoms with van der Waals surface area (Å²) in [6, 6.07) is 7.62. The van der Waals surface area contributed by atoms with Crippen LogP contribution in [0.5, 0.6) is 0 Å². The van der Waals surface area contributed by atoms with E-state index in [1.54, 1.807) is 6.20 Å². The predicted molar refractivity (Wildman–Crippen MR) is 87.3 cm³/mol. The molecule has 0 bridgehead atoms. The molecule has 0 aliphatic carbocycles. The van der Waals surface area contributed by atoms with Crippen LogP contribution >= 0.6 is 0 Å². The monoisotopic (exact) mass is 333 g/mol. The Labute approximate surface area is 140 Å². The number of pyridine rings is 1. The molecule has 4 nitrogen and oxygen atoms in total. The van der Waals surface area contributed by atoms with E-state index in [1.165, 1.54) is 23.8 Å². The molecule has 1 unspecified atom stereocenters. The summed E-state index contributed by atoms with van der Waals surface area (Å²) >= 11 is 0. The smallest absolute Gasteiger partial charge is 0.131 e. The quantitative estimate of drug-likeness (QED) is 0.911. The summed E-state index contributed by atoms with van der Waals surface area (Å²) in [7, 11) is 0. The molecule has 1 aromatic carbocycles. The number of β-amino-alcohol motifs (C(OH)–C–C–N with tert-alkyl or cyclic N) is 1. The van der Waals surface area contributed by atoms with Gasteiger partial charge >= 0.3 is 0 Å². The second-order valence-electron chi connectivity index (χ2n) is 6.09. The van der Waals surface area contributed by atoms with E-state index in [-0.39, 0.29) is 12.1 Å². The molecule has 0 radical (unpaired) electrons. The molecule has 1 fully saturated rings. The highest BCUT2D eigenvalue weighted by molar-refractivity contribution is 5.22. The minimum absolute atomic E-state index is 0.235. The van der Waals surface area contributed by atoms with Gasteiger partial charge in [0.2, 0.25) is 0 Å². The number of rotatable bonds is 5. The summed E-state index contributed by atoms with van der Waals surface area (Å²) in [6.45, 7) is 4.29. The number of benzene rings is 1. The van der Waals surface area contributed by atoms with Crippen molar-refractivity contribution in [3.63, 3.8) is 0 Å². The van der Waals surface area contributed by atoms with Crippen molar-refractivity contribution >= 4 is 0 Å². The van der Waals surface area contributed by atoms with Crippen molar-refractivity contribution in [1.82, 2.24) is 14.8 Å². The minimum atomic E-state index is -1.16. The fraction of sp³-hybridized carbons (Fsp3) is 0.389. The van der Waals surface area contributed by atoms with Gasteiger partial charge in [-0.25, -0.2) is 8.78 Å². The Bertz CT molecular complexity index is 640. The van der Waals surface area contributed by atoms with E-state index < -0.39 is 17.7 Å². The molecule has 24 heavy (non-hydrogen) atoms. The SMILES string of the molecule is OC(CN1CCN(Cc2cccnc2)CC1)c1c(F)cccc1F. The van der Waals surface area contributed by atoms with Crippen LogP contribution in [0.1, 0.15) is 17.2 Å². The van der Waals surface area contributed by atoms with Crippen molar-refractivity contribution in [1.29, 1.82) is 0 Å². The summed E-state index contributed by atoms with van der Waals surface area (Å²) < 4.78 is 27.5. The molecular formula is C18H21F2N3O. The molecule has 6 heteroatoms. The fourth-order valence-corrected chi connectivity index (χ4v) is 3.04. The van der Waals surface area contributed by atoms with Gasteiger partial charge in [0.15, 0.2) is 0 Å². The molecule has 1 saturated heterocycles. The van der Waals surface area contributed by atoms with Crippen LogP contribution in [0.3, 0.4) is 0 Å². The Balaban J connectivity index is 1.52. The van der Waals surface area contributed by atoms with Crippen LogP contribution in [-0.4, -0.2) is 52.6 Å². The molecule has 0 spiro atoms. The van der Waals surface area contributed by atoms with Gasteiger partial charge in [0.25, 0.3) is 0 Å². The maximum absolute atomic E-state index is 13.7. The third-order valence-electron chi connectivity index (χ3n) is 4.36. The van der Waals surface area contributed by atoms with Gasteiger partial charge in [0.05, 0.1) is 11.7 Å². The van der Waals surface area contributed by atoms with Gasteiger partial charge in [0, 0.05) is 51.7 Å². The second-order valence-corrected chi connectivity index (χ2v) is 6.09. The molecule has 0 amide bonds. The second kappa shape index (κ2) is 7.79. The molecule has 2 heterocycles. The first-order valence-corrected chi connectivity index (χ1v) is 8.09. The molecule has 0 saturated carbocycles. The number of aromatic nitrogens is 1. The van der Waals surface area contributed by atoms with Crippen LogP contribution in [0.4, 0.5) is 8.78 Å². The van der Waals surface area contributed by atoms with E-state index in [4.69, 9.17) is 0 Å². The number of piperazine rings is 1. The Morgan fingerprint density at radius 3 is 2.29 bits per heavy atom. The summed E-state index contributed by atoms with van der Waals surface area (Å²) in [6.07, 6.45) is 2.46. The number of aliphatic hydroxyl groups is 1. The lowest BCUT2D eigenvalue weighted by molar-refractivity contribution is 0.0667. The van der Waals surface area contributed by atoms with Crippen molar-refractivity contribution in [2.45, 2.75) is 12.6 Å². The van der Waals surface area contributed by atoms with Gasteiger partial charge in [-0.3, -0.25) is 14.8 Å². The highest BCUT2D eigenvalue weighted by Gasteiger charge is 2.23. The lowest BCUT2D eigenvalue weighted by Crippen LogP contribution is -2.47. The van der Waals surface area contributed by atoms with Crippen molar-refractivity contribution in [2.24, 2.45) is 0 Å². The predicted octanol–water partition coefficient (Wildman–Crippen LogP) is 2.21. The number of hydrogen-bond acceptors (Lipinski definition) is 4. The van der Waals surface area contributed by atoms with Gasteiger partial charge in [-0.2, -0.15) is 0 Å². The molecule has 1 aromatic heterocycles. The summed E-state index contributed by atoms with van der Waals surface area (Å²) in [4.78, 5) is 8.46. The Kier molecular flexibility index (Phi) is 5.50. The molecule has 1 N–H and O–H groups in total. The fourth-order valence-electron chi connectivity index (χ4n) is 3.04. The third kappa shape index (κ3) is 4.14. The highest BCUT2D eigenvalue weighted by Crippen LogP contribution is 2.22. The van der Waals surface area contributed by atoms with Gasteiger partial charge in [-0.1, -0.05) is 12.1 Å². The third-order valence-corrected chi connectivity index (χ3v) is 4.36. The van der Waals surface area contributed by atoms with Crippen molar-refractivity contribution in [3.05, 3.63) is 65.5 Å². The number of nitrogens with zero attached hydrogens (tertiary/aromatic N) is 3. The normalized spacial score (nSPS) is 17.8. The standard InChI is InChI=1S/C18H21F2N3O/c19-15-4-1-5-16(20)18(15)17(24)13-23-9-7-22(8-10-23)12-14-3-2-6-21-11-14/h1-6,11,17,24H,7-10,12-13H2. The number of halogens is 2. The van der Waals surface area contributed by atoms with Crippen LogP contribution in [0.15, 0.2) is 42.7 Å². The van der Waals surface area contributed by atoms with Crippen LogP contribution in [0, 0.1) is 11.6 Å². The molecule has 128 valence electrons. The van der Waals surface area contributed by atoms with Gasteiger partial charge < -0.3 is 5.11 Å². The highest BCUT2D eigenvalue weighted by atomic mass is 19.1. The first kappa shape index (κ1) is 17.0. The molecular weight excluding hydrogens is 312 g/mol. The van der Waals surface area contributed by atoms with E-state index in [2.05, 4.69) is 9.88 Å². The van der Waals surface area contributed by atoms with E-state index in [1.807, 2.05) is 23.2 Å². The Morgan fingerprint density at radius 1 is 1.00 bits per heavy atom. The Morgan fingerprint density at radius 2 is 1.67 bits per heavy atom. The van der Waals surface area contributed by atoms with E-state index >= 15 is 0 Å². The van der Waals surface area contributed by atoms with Gasteiger partial charge in [-0.05, 0) is 23.8 Å². The topological polar surface area (TPSA) is 39.6 Å². The zero-order valence-corrected chi connectivity index (χ0v) is 13.4. The maximum atomic E-state index is 13.7. The van der Waals surface area contributed by atoms with E-state index in [0.717, 1.165) is 32.7 Å². The van der Waals surface area contributed by atoms with Crippen molar-refractivity contribution in [2.75, 3.05) is 32.7 Å². The molecule has 1 aliphatic heterocycles. The van der Waals surface area contributed by atoms with Crippen molar-refractivity contribution < 1.29 is 13.9 Å². The zero-order valence-electron chi connectivity index (χ0n) is 13.4. The first-order chi connectivity index (χ1) is 11.6.